The fourth-order valence-corrected chi connectivity index (χ4v) is 1.76. The first-order valence-corrected chi connectivity index (χ1v) is 6.12. The number of allylic oxidation sites excluding steroid dienone is 1. The summed E-state index contributed by atoms with van der Waals surface area (Å²) in [5.74, 6) is 0.0221. The third-order valence-corrected chi connectivity index (χ3v) is 2.70. The van der Waals surface area contributed by atoms with Gasteiger partial charge in [0.15, 0.2) is 5.78 Å². The lowest BCUT2D eigenvalue weighted by Crippen LogP contribution is -2.15. The summed E-state index contributed by atoms with van der Waals surface area (Å²) >= 11 is 0. The lowest BCUT2D eigenvalue weighted by molar-refractivity contribution is 0.104. The Hall–Kier alpha value is -2.09. The number of hydrogen-bond donors (Lipinski definition) is 1. The van der Waals surface area contributed by atoms with Crippen LogP contribution in [0.25, 0.3) is 10.8 Å². The number of nitrogens with one attached hydrogen (secondary N) is 1. The monoisotopic (exact) mass is 239 g/mol. The van der Waals surface area contributed by atoms with Crippen LogP contribution in [0.4, 0.5) is 0 Å². The van der Waals surface area contributed by atoms with Crippen molar-refractivity contribution in [3.63, 3.8) is 0 Å². The van der Waals surface area contributed by atoms with Crippen molar-refractivity contribution in [2.24, 2.45) is 0 Å². The van der Waals surface area contributed by atoms with E-state index in [0.717, 1.165) is 16.3 Å². The van der Waals surface area contributed by atoms with Crippen molar-refractivity contribution >= 4 is 16.6 Å². The van der Waals surface area contributed by atoms with Crippen molar-refractivity contribution in [3.8, 4) is 0 Å². The maximum Gasteiger partial charge on any atom is 0.187 e. The first-order chi connectivity index (χ1) is 8.66. The molecule has 0 heterocycles. The molecule has 0 bridgehead atoms. The van der Waals surface area contributed by atoms with E-state index in [-0.39, 0.29) is 5.78 Å². The standard InChI is InChI=1S/C16H17NO/c1-12(2)17-10-9-16(18)15-8-7-13-5-3-4-6-14(13)11-15/h3-12,17H,1-2H3/b10-9+. The molecular formula is C16H17NO. The highest BCUT2D eigenvalue weighted by Crippen LogP contribution is 2.16. The van der Waals surface area contributed by atoms with Gasteiger partial charge in [0, 0.05) is 23.9 Å². The van der Waals surface area contributed by atoms with Crippen molar-refractivity contribution in [3.05, 3.63) is 60.3 Å². The molecular weight excluding hydrogens is 222 g/mol. The molecule has 2 aromatic rings. The van der Waals surface area contributed by atoms with Crippen LogP contribution in [0.15, 0.2) is 54.7 Å². The summed E-state index contributed by atoms with van der Waals surface area (Å²) < 4.78 is 0. The van der Waals surface area contributed by atoms with Crippen LogP contribution in [0, 0.1) is 0 Å². The normalized spacial score (nSPS) is 11.3. The van der Waals surface area contributed by atoms with E-state index in [1.807, 2.05) is 56.3 Å². The van der Waals surface area contributed by atoms with Gasteiger partial charge < -0.3 is 5.32 Å². The summed E-state index contributed by atoms with van der Waals surface area (Å²) in [5.41, 5.74) is 0.718. The molecule has 0 radical (unpaired) electrons. The molecule has 18 heavy (non-hydrogen) atoms. The van der Waals surface area contributed by atoms with Gasteiger partial charge in [-0.25, -0.2) is 0 Å². The van der Waals surface area contributed by atoms with E-state index in [1.54, 1.807) is 12.3 Å². The number of rotatable bonds is 4. The largest absolute Gasteiger partial charge is 0.389 e. The Kier molecular flexibility index (Phi) is 3.78. The van der Waals surface area contributed by atoms with Gasteiger partial charge in [-0.15, -0.1) is 0 Å². The molecule has 2 nitrogen and oxygen atoms in total. The molecule has 2 rings (SSSR count). The van der Waals surface area contributed by atoms with Gasteiger partial charge in [0.05, 0.1) is 0 Å². The molecule has 0 unspecified atom stereocenters. The minimum absolute atomic E-state index is 0.0221. The SMILES string of the molecule is CC(C)N/C=C/C(=O)c1ccc2ccccc2c1. The van der Waals surface area contributed by atoms with Crippen molar-refractivity contribution in [2.75, 3.05) is 0 Å². The fraction of sp³-hybridized carbons (Fsp3) is 0.188. The molecule has 0 fully saturated rings. The predicted molar refractivity (Wildman–Crippen MR) is 75.7 cm³/mol. The van der Waals surface area contributed by atoms with Gasteiger partial charge in [0.25, 0.3) is 0 Å². The van der Waals surface area contributed by atoms with E-state index in [1.165, 1.54) is 0 Å². The zero-order valence-electron chi connectivity index (χ0n) is 10.7. The van der Waals surface area contributed by atoms with Gasteiger partial charge in [-0.3, -0.25) is 4.79 Å². The Labute approximate surface area is 107 Å². The van der Waals surface area contributed by atoms with Gasteiger partial charge in [-0.05, 0) is 30.7 Å². The van der Waals surface area contributed by atoms with E-state index in [0.29, 0.717) is 6.04 Å². The van der Waals surface area contributed by atoms with E-state index >= 15 is 0 Å². The Morgan fingerprint density at radius 2 is 1.83 bits per heavy atom. The van der Waals surface area contributed by atoms with Crippen LogP contribution in [-0.2, 0) is 0 Å². The van der Waals surface area contributed by atoms with Gasteiger partial charge in [0.1, 0.15) is 0 Å². The highest BCUT2D eigenvalue weighted by atomic mass is 16.1. The third kappa shape index (κ3) is 2.98. The summed E-state index contributed by atoms with van der Waals surface area (Å²) in [5, 5.41) is 5.32. The summed E-state index contributed by atoms with van der Waals surface area (Å²) in [6, 6.07) is 14.1. The van der Waals surface area contributed by atoms with Crippen LogP contribution < -0.4 is 5.32 Å². The average Bonchev–Trinajstić information content (AvgIpc) is 2.37. The van der Waals surface area contributed by atoms with E-state index < -0.39 is 0 Å². The summed E-state index contributed by atoms with van der Waals surface area (Å²) in [6.07, 6.45) is 3.28. The zero-order valence-corrected chi connectivity index (χ0v) is 10.7. The molecule has 0 aromatic heterocycles. The highest BCUT2D eigenvalue weighted by molar-refractivity contribution is 6.06. The quantitative estimate of drug-likeness (QED) is 0.653. The average molecular weight is 239 g/mol. The Bertz CT molecular complexity index is 584. The zero-order chi connectivity index (χ0) is 13.0. The summed E-state index contributed by atoms with van der Waals surface area (Å²) in [7, 11) is 0. The van der Waals surface area contributed by atoms with E-state index in [2.05, 4.69) is 5.32 Å². The van der Waals surface area contributed by atoms with Gasteiger partial charge in [0.2, 0.25) is 0 Å². The number of carbonyl (C=O) groups is 1. The molecule has 0 saturated carbocycles. The molecule has 92 valence electrons. The molecule has 0 aliphatic rings. The van der Waals surface area contributed by atoms with Gasteiger partial charge in [-0.2, -0.15) is 0 Å². The van der Waals surface area contributed by atoms with E-state index in [4.69, 9.17) is 0 Å². The summed E-state index contributed by atoms with van der Waals surface area (Å²) in [6.45, 7) is 4.07. The molecule has 0 aliphatic heterocycles. The Morgan fingerprint density at radius 3 is 2.56 bits per heavy atom. The van der Waals surface area contributed by atoms with E-state index in [9.17, 15) is 4.79 Å². The lowest BCUT2D eigenvalue weighted by Gasteiger charge is -2.03. The minimum atomic E-state index is 0.0221. The molecule has 0 spiro atoms. The molecule has 0 saturated heterocycles. The van der Waals surface area contributed by atoms with Crippen LogP contribution in [-0.4, -0.2) is 11.8 Å². The van der Waals surface area contributed by atoms with Crippen LogP contribution in [0.1, 0.15) is 24.2 Å². The maximum atomic E-state index is 11.9. The second-order valence-electron chi connectivity index (χ2n) is 4.58. The van der Waals surface area contributed by atoms with Crippen molar-refractivity contribution < 1.29 is 4.79 Å². The van der Waals surface area contributed by atoms with Gasteiger partial charge >= 0.3 is 0 Å². The fourth-order valence-electron chi connectivity index (χ4n) is 1.76. The lowest BCUT2D eigenvalue weighted by atomic mass is 10.0. The van der Waals surface area contributed by atoms with Gasteiger partial charge in [-0.1, -0.05) is 36.4 Å². The maximum absolute atomic E-state index is 11.9. The highest BCUT2D eigenvalue weighted by Gasteiger charge is 2.02. The Balaban J connectivity index is 2.20. The van der Waals surface area contributed by atoms with Crippen molar-refractivity contribution in [1.29, 1.82) is 0 Å². The van der Waals surface area contributed by atoms with Crippen LogP contribution >= 0.6 is 0 Å². The third-order valence-electron chi connectivity index (χ3n) is 2.70. The number of hydrogen-bond acceptors (Lipinski definition) is 2. The topological polar surface area (TPSA) is 29.1 Å². The number of ketones is 1. The first kappa shape index (κ1) is 12.4. The van der Waals surface area contributed by atoms with Crippen LogP contribution in [0.2, 0.25) is 0 Å². The molecule has 0 aliphatic carbocycles. The Morgan fingerprint density at radius 1 is 1.11 bits per heavy atom. The second-order valence-corrected chi connectivity index (χ2v) is 4.58. The molecule has 0 atom stereocenters. The number of fused-ring (bicyclic) bond motifs is 1. The molecule has 2 heteroatoms. The van der Waals surface area contributed by atoms with Crippen LogP contribution in [0.3, 0.4) is 0 Å². The first-order valence-electron chi connectivity index (χ1n) is 6.12. The molecule has 2 aromatic carbocycles. The number of carbonyl (C=O) groups excluding carboxylic acids is 1. The number of benzene rings is 2. The molecule has 1 N–H and O–H groups in total. The summed E-state index contributed by atoms with van der Waals surface area (Å²) in [4.78, 5) is 11.9. The smallest absolute Gasteiger partial charge is 0.187 e. The molecule has 0 amide bonds. The van der Waals surface area contributed by atoms with Crippen LogP contribution in [0.5, 0.6) is 0 Å². The minimum Gasteiger partial charge on any atom is -0.389 e. The second kappa shape index (κ2) is 5.50. The predicted octanol–water partition coefficient (Wildman–Crippen LogP) is 3.53. The van der Waals surface area contributed by atoms with Crippen molar-refractivity contribution in [2.45, 2.75) is 19.9 Å². The van der Waals surface area contributed by atoms with Crippen molar-refractivity contribution in [1.82, 2.24) is 5.32 Å².